The number of rotatable bonds is 6. The fourth-order valence-corrected chi connectivity index (χ4v) is 4.11. The van der Waals surface area contributed by atoms with Crippen molar-refractivity contribution in [2.45, 2.75) is 12.8 Å². The molecular formula is C22H20FN3O2S. The zero-order valence-corrected chi connectivity index (χ0v) is 16.5. The van der Waals surface area contributed by atoms with Gasteiger partial charge in [0.25, 0.3) is 0 Å². The molecule has 0 bridgehead atoms. The van der Waals surface area contributed by atoms with Gasteiger partial charge in [-0.15, -0.1) is 11.3 Å². The smallest absolute Gasteiger partial charge is 0.231 e. The predicted octanol–water partition coefficient (Wildman–Crippen LogP) is 3.98. The first-order valence-corrected chi connectivity index (χ1v) is 10.3. The molecule has 1 fully saturated rings. The van der Waals surface area contributed by atoms with Crippen LogP contribution in [0.4, 0.5) is 9.52 Å². The van der Waals surface area contributed by atoms with E-state index >= 15 is 0 Å². The molecule has 3 aromatic rings. The summed E-state index contributed by atoms with van der Waals surface area (Å²) in [6.07, 6.45) is 0.979. The lowest BCUT2D eigenvalue weighted by Gasteiger charge is -2.16. The number of benzene rings is 2. The standard InChI is InChI=1S/C22H20FN3O2S/c23-18-8-4-7-16(11-18)19-14-29-22(24-19)25-21(28)17-12-20(27)26(13-17)10-9-15-5-2-1-3-6-15/h1-8,11,14,17H,9-10,12-13H2,(H,24,25,28). The summed E-state index contributed by atoms with van der Waals surface area (Å²) in [6, 6.07) is 16.1. The van der Waals surface area contributed by atoms with Crippen LogP contribution in [-0.4, -0.2) is 34.8 Å². The molecule has 1 unspecified atom stereocenters. The number of thiazole rings is 1. The third-order valence-electron chi connectivity index (χ3n) is 4.95. The highest BCUT2D eigenvalue weighted by Crippen LogP contribution is 2.27. The first kappa shape index (κ1) is 19.3. The van der Waals surface area contributed by atoms with Crippen LogP contribution in [0.3, 0.4) is 0 Å². The van der Waals surface area contributed by atoms with Gasteiger partial charge in [-0.05, 0) is 24.1 Å². The van der Waals surface area contributed by atoms with Gasteiger partial charge in [-0.1, -0.05) is 42.5 Å². The summed E-state index contributed by atoms with van der Waals surface area (Å²) in [5.74, 6) is -0.928. The molecule has 0 saturated carbocycles. The fourth-order valence-electron chi connectivity index (χ4n) is 3.39. The minimum Gasteiger partial charge on any atom is -0.342 e. The first-order chi connectivity index (χ1) is 14.1. The van der Waals surface area contributed by atoms with Crippen molar-refractivity contribution in [3.05, 3.63) is 71.4 Å². The molecule has 5 nitrogen and oxygen atoms in total. The second-order valence-electron chi connectivity index (χ2n) is 7.01. The number of carbonyl (C=O) groups excluding carboxylic acids is 2. The molecule has 29 heavy (non-hydrogen) atoms. The topological polar surface area (TPSA) is 62.3 Å². The van der Waals surface area contributed by atoms with Crippen LogP contribution in [0.5, 0.6) is 0 Å². The van der Waals surface area contributed by atoms with Gasteiger partial charge in [0.15, 0.2) is 5.13 Å². The van der Waals surface area contributed by atoms with Crippen LogP contribution in [0, 0.1) is 11.7 Å². The number of aromatic nitrogens is 1. The van der Waals surface area contributed by atoms with Crippen LogP contribution in [0.15, 0.2) is 60.0 Å². The van der Waals surface area contributed by atoms with Crippen molar-refractivity contribution >= 4 is 28.3 Å². The molecule has 0 aliphatic carbocycles. The Morgan fingerprint density at radius 1 is 1.21 bits per heavy atom. The molecule has 1 N–H and O–H groups in total. The summed E-state index contributed by atoms with van der Waals surface area (Å²) < 4.78 is 13.4. The van der Waals surface area contributed by atoms with Gasteiger partial charge in [0.05, 0.1) is 11.6 Å². The Bertz CT molecular complexity index is 1020. The van der Waals surface area contributed by atoms with Gasteiger partial charge >= 0.3 is 0 Å². The van der Waals surface area contributed by atoms with Crippen molar-refractivity contribution < 1.29 is 14.0 Å². The van der Waals surface area contributed by atoms with Crippen molar-refractivity contribution in [2.75, 3.05) is 18.4 Å². The molecular weight excluding hydrogens is 389 g/mol. The molecule has 0 spiro atoms. The Morgan fingerprint density at radius 3 is 2.83 bits per heavy atom. The molecule has 2 aromatic carbocycles. The summed E-state index contributed by atoms with van der Waals surface area (Å²) in [7, 11) is 0. The van der Waals surface area contributed by atoms with Crippen LogP contribution in [-0.2, 0) is 16.0 Å². The highest BCUT2D eigenvalue weighted by Gasteiger charge is 2.34. The molecule has 148 valence electrons. The highest BCUT2D eigenvalue weighted by molar-refractivity contribution is 7.14. The van der Waals surface area contributed by atoms with Crippen LogP contribution < -0.4 is 5.32 Å². The van der Waals surface area contributed by atoms with Crippen LogP contribution in [0.2, 0.25) is 0 Å². The van der Waals surface area contributed by atoms with Crippen LogP contribution >= 0.6 is 11.3 Å². The maximum atomic E-state index is 13.4. The number of hydrogen-bond donors (Lipinski definition) is 1. The second kappa shape index (κ2) is 8.53. The van der Waals surface area contributed by atoms with Gasteiger partial charge in [0.2, 0.25) is 11.8 Å². The van der Waals surface area contributed by atoms with E-state index in [2.05, 4.69) is 10.3 Å². The fraction of sp³-hybridized carbons (Fsp3) is 0.227. The summed E-state index contributed by atoms with van der Waals surface area (Å²) in [6.45, 7) is 1.02. The van der Waals surface area contributed by atoms with Gasteiger partial charge in [-0.2, -0.15) is 0 Å². The Morgan fingerprint density at radius 2 is 2.03 bits per heavy atom. The van der Waals surface area contributed by atoms with E-state index in [9.17, 15) is 14.0 Å². The van der Waals surface area contributed by atoms with E-state index < -0.39 is 0 Å². The van der Waals surface area contributed by atoms with E-state index in [1.165, 1.54) is 29.0 Å². The van der Waals surface area contributed by atoms with Gasteiger partial charge < -0.3 is 10.2 Å². The lowest BCUT2D eigenvalue weighted by molar-refractivity contribution is -0.128. The van der Waals surface area contributed by atoms with Crippen molar-refractivity contribution in [3.63, 3.8) is 0 Å². The average Bonchev–Trinajstić information content (AvgIpc) is 3.34. The molecule has 2 amide bonds. The lowest BCUT2D eigenvalue weighted by atomic mass is 10.1. The average molecular weight is 409 g/mol. The minimum absolute atomic E-state index is 0.000620. The quantitative estimate of drug-likeness (QED) is 0.670. The number of halogens is 1. The SMILES string of the molecule is O=C(Nc1nc(-c2cccc(F)c2)cs1)C1CC(=O)N(CCc2ccccc2)C1. The number of carbonyl (C=O) groups is 2. The molecule has 1 atom stereocenters. The molecule has 1 saturated heterocycles. The number of hydrogen-bond acceptors (Lipinski definition) is 4. The second-order valence-corrected chi connectivity index (χ2v) is 7.87. The van der Waals surface area contributed by atoms with E-state index in [0.717, 1.165) is 6.42 Å². The summed E-state index contributed by atoms with van der Waals surface area (Å²) >= 11 is 1.28. The molecule has 7 heteroatoms. The zero-order chi connectivity index (χ0) is 20.2. The van der Waals surface area contributed by atoms with Crippen molar-refractivity contribution in [2.24, 2.45) is 5.92 Å². The summed E-state index contributed by atoms with van der Waals surface area (Å²) in [4.78, 5) is 31.0. The maximum absolute atomic E-state index is 13.4. The van der Waals surface area contributed by atoms with E-state index in [-0.39, 0.29) is 30.0 Å². The Hall–Kier alpha value is -3.06. The Balaban J connectivity index is 1.34. The van der Waals surface area contributed by atoms with Crippen molar-refractivity contribution in [3.8, 4) is 11.3 Å². The normalized spacial score (nSPS) is 16.2. The van der Waals surface area contributed by atoms with Gasteiger partial charge in [0, 0.05) is 30.5 Å². The van der Waals surface area contributed by atoms with Crippen LogP contribution in [0.1, 0.15) is 12.0 Å². The molecule has 1 aliphatic heterocycles. The summed E-state index contributed by atoms with van der Waals surface area (Å²) in [5.41, 5.74) is 2.43. The van der Waals surface area contributed by atoms with Gasteiger partial charge in [0.1, 0.15) is 5.82 Å². The van der Waals surface area contributed by atoms with E-state index in [1.807, 2.05) is 30.3 Å². The summed E-state index contributed by atoms with van der Waals surface area (Å²) in [5, 5.41) is 5.02. The van der Waals surface area contributed by atoms with Gasteiger partial charge in [-0.3, -0.25) is 9.59 Å². The largest absolute Gasteiger partial charge is 0.342 e. The lowest BCUT2D eigenvalue weighted by Crippen LogP contribution is -2.30. The highest BCUT2D eigenvalue weighted by atomic mass is 32.1. The first-order valence-electron chi connectivity index (χ1n) is 9.42. The Labute approximate surface area is 172 Å². The van der Waals surface area contributed by atoms with Crippen molar-refractivity contribution in [1.29, 1.82) is 0 Å². The number of nitrogens with zero attached hydrogens (tertiary/aromatic N) is 2. The van der Waals surface area contributed by atoms with E-state index in [0.29, 0.717) is 29.5 Å². The monoisotopic (exact) mass is 409 g/mol. The van der Waals surface area contributed by atoms with E-state index in [4.69, 9.17) is 0 Å². The number of amides is 2. The predicted molar refractivity (Wildman–Crippen MR) is 111 cm³/mol. The number of likely N-dealkylation sites (tertiary alicyclic amines) is 1. The molecule has 1 aromatic heterocycles. The molecule has 2 heterocycles. The van der Waals surface area contributed by atoms with Crippen LogP contribution in [0.25, 0.3) is 11.3 Å². The Kier molecular flexibility index (Phi) is 5.67. The molecule has 0 radical (unpaired) electrons. The minimum atomic E-state index is -0.389. The molecule has 1 aliphatic rings. The number of nitrogens with one attached hydrogen (secondary N) is 1. The molecule has 4 rings (SSSR count). The third kappa shape index (κ3) is 4.68. The maximum Gasteiger partial charge on any atom is 0.231 e. The third-order valence-corrected chi connectivity index (χ3v) is 5.71. The zero-order valence-electron chi connectivity index (χ0n) is 15.7. The van der Waals surface area contributed by atoms with Gasteiger partial charge in [-0.25, -0.2) is 9.37 Å². The van der Waals surface area contributed by atoms with E-state index in [1.54, 1.807) is 22.4 Å². The van der Waals surface area contributed by atoms with Crippen molar-refractivity contribution in [1.82, 2.24) is 9.88 Å². The number of anilines is 1.